The van der Waals surface area contributed by atoms with E-state index in [0.717, 1.165) is 23.1 Å². The number of halogens is 1. The predicted octanol–water partition coefficient (Wildman–Crippen LogP) is 3.35. The molecule has 3 rings (SSSR count). The Kier molecular flexibility index (Phi) is 4.18. The minimum absolute atomic E-state index is 0.469. The Balaban J connectivity index is 1.83. The fraction of sp³-hybridized carbons (Fsp3) is 0.471. The summed E-state index contributed by atoms with van der Waals surface area (Å²) in [5, 5.41) is 8.19. The van der Waals surface area contributed by atoms with Gasteiger partial charge in [-0.3, -0.25) is 4.68 Å². The van der Waals surface area contributed by atoms with Gasteiger partial charge in [-0.05, 0) is 46.9 Å². The molecule has 1 aliphatic carbocycles. The lowest BCUT2D eigenvalue weighted by atomic mass is 9.72. The van der Waals surface area contributed by atoms with Gasteiger partial charge in [0.2, 0.25) is 0 Å². The van der Waals surface area contributed by atoms with Crippen molar-refractivity contribution in [3.05, 3.63) is 51.3 Å². The summed E-state index contributed by atoms with van der Waals surface area (Å²) in [6.45, 7) is 5.23. The normalized spacial score (nSPS) is 18.2. The molecule has 1 aromatic heterocycles. The van der Waals surface area contributed by atoms with Gasteiger partial charge in [-0.2, -0.15) is 5.10 Å². The second kappa shape index (κ2) is 5.93. The number of nitrogens with zero attached hydrogens (tertiary/aromatic N) is 2. The Hall–Kier alpha value is -1.13. The Morgan fingerprint density at radius 2 is 2.19 bits per heavy atom. The lowest BCUT2D eigenvalue weighted by Gasteiger charge is -2.37. The molecule has 2 unspecified atom stereocenters. The summed E-state index contributed by atoms with van der Waals surface area (Å²) in [6.07, 6.45) is 2.19. The van der Waals surface area contributed by atoms with Crippen molar-refractivity contribution in [3.63, 3.8) is 0 Å². The molecule has 0 radical (unpaired) electrons. The quantitative estimate of drug-likeness (QED) is 0.898. The minimum Gasteiger partial charge on any atom is -0.313 e. The van der Waals surface area contributed by atoms with Gasteiger partial charge in [-0.15, -0.1) is 0 Å². The van der Waals surface area contributed by atoms with E-state index in [2.05, 4.69) is 64.5 Å². The number of fused-ring (bicyclic) bond motifs is 1. The summed E-state index contributed by atoms with van der Waals surface area (Å²) in [5.41, 5.74) is 5.36. The molecule has 21 heavy (non-hydrogen) atoms. The van der Waals surface area contributed by atoms with Crippen LogP contribution < -0.4 is 5.32 Å². The van der Waals surface area contributed by atoms with Crippen LogP contribution in [-0.2, 0) is 19.9 Å². The van der Waals surface area contributed by atoms with E-state index in [-0.39, 0.29) is 0 Å². The van der Waals surface area contributed by atoms with Crippen LogP contribution in [0.25, 0.3) is 0 Å². The predicted molar refractivity (Wildman–Crippen MR) is 89.7 cm³/mol. The van der Waals surface area contributed by atoms with Gasteiger partial charge < -0.3 is 5.32 Å². The minimum atomic E-state index is 0.469. The third-order valence-electron chi connectivity index (χ3n) is 4.52. The number of hydrogen-bond acceptors (Lipinski definition) is 2. The van der Waals surface area contributed by atoms with E-state index in [1.807, 2.05) is 11.7 Å². The van der Waals surface area contributed by atoms with Gasteiger partial charge in [0.05, 0.1) is 15.9 Å². The van der Waals surface area contributed by atoms with Crippen LogP contribution in [-0.4, -0.2) is 22.4 Å². The number of hydrogen-bond donors (Lipinski definition) is 1. The second-order valence-corrected chi connectivity index (χ2v) is 6.64. The maximum atomic E-state index is 4.51. The third kappa shape index (κ3) is 2.67. The Morgan fingerprint density at radius 3 is 2.81 bits per heavy atom. The molecule has 3 nitrogen and oxygen atoms in total. The largest absolute Gasteiger partial charge is 0.313 e. The molecule has 1 heterocycles. The van der Waals surface area contributed by atoms with Gasteiger partial charge in [0.15, 0.2) is 0 Å². The van der Waals surface area contributed by atoms with Crippen LogP contribution in [0.5, 0.6) is 0 Å². The van der Waals surface area contributed by atoms with Crippen molar-refractivity contribution in [1.29, 1.82) is 0 Å². The molecule has 1 N–H and O–H groups in total. The van der Waals surface area contributed by atoms with Gasteiger partial charge in [-0.1, -0.05) is 31.2 Å². The van der Waals surface area contributed by atoms with Crippen molar-refractivity contribution in [2.45, 2.75) is 38.6 Å². The lowest BCUT2D eigenvalue weighted by Crippen LogP contribution is -2.42. The first-order chi connectivity index (χ1) is 10.1. The van der Waals surface area contributed by atoms with Crippen LogP contribution in [0.3, 0.4) is 0 Å². The number of aromatic nitrogens is 2. The number of aryl methyl sites for hydroxylation is 2. The maximum Gasteiger partial charge on any atom is 0.0738 e. The van der Waals surface area contributed by atoms with Crippen LogP contribution in [0.15, 0.2) is 28.7 Å². The summed E-state index contributed by atoms with van der Waals surface area (Å²) >= 11 is 3.69. The van der Waals surface area contributed by atoms with Gasteiger partial charge in [0, 0.05) is 25.4 Å². The van der Waals surface area contributed by atoms with Crippen LogP contribution >= 0.6 is 15.9 Å². The van der Waals surface area contributed by atoms with Gasteiger partial charge in [-0.25, -0.2) is 0 Å². The van der Waals surface area contributed by atoms with E-state index in [0.29, 0.717) is 12.0 Å². The standard InChI is InChI=1S/C17H22BrN3/c1-4-19-15(10-16-17(18)11(2)20-21(16)3)14-9-12-7-5-6-8-13(12)14/h5-8,14-15,19H,4,9-10H2,1-3H3. The van der Waals surface area contributed by atoms with Gasteiger partial charge in [0.25, 0.3) is 0 Å². The van der Waals surface area contributed by atoms with E-state index in [9.17, 15) is 0 Å². The SMILES string of the molecule is CCNC(Cc1c(Br)c(C)nn1C)C1Cc2ccccc21. The monoisotopic (exact) mass is 347 g/mol. The summed E-state index contributed by atoms with van der Waals surface area (Å²) in [4.78, 5) is 0. The van der Waals surface area contributed by atoms with Crippen molar-refractivity contribution in [1.82, 2.24) is 15.1 Å². The molecule has 112 valence electrons. The zero-order chi connectivity index (χ0) is 15.0. The summed E-state index contributed by atoms with van der Waals surface area (Å²) in [5.74, 6) is 0.614. The molecule has 2 atom stereocenters. The molecule has 0 spiro atoms. The molecular weight excluding hydrogens is 326 g/mol. The molecule has 0 fully saturated rings. The highest BCUT2D eigenvalue weighted by atomic mass is 79.9. The fourth-order valence-corrected chi connectivity index (χ4v) is 3.88. The molecule has 2 aromatic rings. The molecule has 0 bridgehead atoms. The average molecular weight is 348 g/mol. The molecule has 1 aromatic carbocycles. The van der Waals surface area contributed by atoms with Crippen molar-refractivity contribution in [2.75, 3.05) is 6.54 Å². The average Bonchev–Trinajstić information content (AvgIpc) is 2.67. The lowest BCUT2D eigenvalue weighted by molar-refractivity contribution is 0.397. The maximum absolute atomic E-state index is 4.51. The summed E-state index contributed by atoms with van der Waals surface area (Å²) in [6, 6.07) is 9.28. The van der Waals surface area contributed by atoms with Gasteiger partial charge in [0.1, 0.15) is 0 Å². The van der Waals surface area contributed by atoms with Crippen LogP contribution in [0.2, 0.25) is 0 Å². The second-order valence-electron chi connectivity index (χ2n) is 5.85. The number of nitrogens with one attached hydrogen (secondary N) is 1. The fourth-order valence-electron chi connectivity index (χ4n) is 3.39. The van der Waals surface area contributed by atoms with E-state index < -0.39 is 0 Å². The highest BCUT2D eigenvalue weighted by molar-refractivity contribution is 9.10. The van der Waals surface area contributed by atoms with Crippen molar-refractivity contribution >= 4 is 15.9 Å². The van der Waals surface area contributed by atoms with Crippen LogP contribution in [0, 0.1) is 6.92 Å². The Morgan fingerprint density at radius 1 is 1.43 bits per heavy atom. The molecule has 1 aliphatic rings. The first kappa shape index (κ1) is 14.8. The van der Waals surface area contributed by atoms with Crippen LogP contribution in [0.4, 0.5) is 0 Å². The first-order valence-electron chi connectivity index (χ1n) is 7.61. The molecule has 0 amide bonds. The van der Waals surface area contributed by atoms with Crippen LogP contribution in [0.1, 0.15) is 35.4 Å². The number of benzene rings is 1. The smallest absolute Gasteiger partial charge is 0.0738 e. The van der Waals surface area contributed by atoms with E-state index in [1.54, 1.807) is 0 Å². The molecular formula is C17H22BrN3. The van der Waals surface area contributed by atoms with E-state index >= 15 is 0 Å². The Bertz CT molecular complexity index is 647. The van der Waals surface area contributed by atoms with E-state index in [4.69, 9.17) is 0 Å². The highest BCUT2D eigenvalue weighted by Crippen LogP contribution is 2.38. The molecule has 0 saturated heterocycles. The van der Waals surface area contributed by atoms with Gasteiger partial charge >= 0.3 is 0 Å². The molecule has 4 heteroatoms. The third-order valence-corrected chi connectivity index (χ3v) is 5.55. The summed E-state index contributed by atoms with van der Waals surface area (Å²) in [7, 11) is 2.03. The Labute approximate surface area is 134 Å². The topological polar surface area (TPSA) is 29.9 Å². The molecule has 0 aliphatic heterocycles. The van der Waals surface area contributed by atoms with Crippen molar-refractivity contribution < 1.29 is 0 Å². The first-order valence-corrected chi connectivity index (χ1v) is 8.40. The number of likely N-dealkylation sites (N-methyl/N-ethyl adjacent to an activating group) is 1. The zero-order valence-corrected chi connectivity index (χ0v) is 14.4. The van der Waals surface area contributed by atoms with E-state index in [1.165, 1.54) is 23.2 Å². The summed E-state index contributed by atoms with van der Waals surface area (Å²) < 4.78 is 3.16. The zero-order valence-electron chi connectivity index (χ0n) is 12.9. The van der Waals surface area contributed by atoms with Crippen molar-refractivity contribution in [2.24, 2.45) is 7.05 Å². The molecule has 0 saturated carbocycles. The highest BCUT2D eigenvalue weighted by Gasteiger charge is 2.33. The van der Waals surface area contributed by atoms with Crippen molar-refractivity contribution in [3.8, 4) is 0 Å². The number of rotatable bonds is 5.